The Balaban J connectivity index is 1.87. The van der Waals surface area contributed by atoms with Crippen molar-refractivity contribution in [3.05, 3.63) is 65.5 Å². The molecular formula is C18H22N2O3S. The highest BCUT2D eigenvalue weighted by atomic mass is 32.2. The molecule has 1 aromatic heterocycles. The predicted octanol–water partition coefficient (Wildman–Crippen LogP) is 2.35. The van der Waals surface area contributed by atoms with Crippen LogP contribution in [-0.2, 0) is 26.9 Å². The molecule has 1 aromatic carbocycles. The molecule has 6 heteroatoms. The zero-order valence-electron chi connectivity index (χ0n) is 14.0. The Hall–Kier alpha value is -2.21. The van der Waals surface area contributed by atoms with E-state index in [0.29, 0.717) is 6.54 Å². The zero-order valence-corrected chi connectivity index (χ0v) is 14.8. The molecule has 0 saturated heterocycles. The molecule has 128 valence electrons. The second kappa shape index (κ2) is 8.06. The Bertz CT molecular complexity index is 789. The molecule has 0 radical (unpaired) electrons. The van der Waals surface area contributed by atoms with Crippen LogP contribution >= 0.6 is 0 Å². The maximum Gasteiger partial charge on any atom is 0.223 e. The van der Waals surface area contributed by atoms with Crippen molar-refractivity contribution in [2.75, 3.05) is 12.8 Å². The quantitative estimate of drug-likeness (QED) is 0.772. The maximum absolute atomic E-state index is 12.2. The van der Waals surface area contributed by atoms with Crippen LogP contribution in [0.5, 0.6) is 0 Å². The molecule has 0 atom stereocenters. The summed E-state index contributed by atoms with van der Waals surface area (Å²) in [6.45, 7) is 2.30. The van der Waals surface area contributed by atoms with Gasteiger partial charge in [0.15, 0.2) is 9.84 Å². The van der Waals surface area contributed by atoms with Crippen molar-refractivity contribution in [3.63, 3.8) is 0 Å². The number of hydrogen-bond donors (Lipinski definition) is 0. The van der Waals surface area contributed by atoms with Crippen LogP contribution in [0.1, 0.15) is 23.2 Å². The summed E-state index contributed by atoms with van der Waals surface area (Å²) in [7, 11) is -1.66. The fourth-order valence-corrected chi connectivity index (χ4v) is 3.70. The number of nitrogens with zero attached hydrogens (tertiary/aromatic N) is 2. The second-order valence-corrected chi connectivity index (χ2v) is 8.09. The lowest BCUT2D eigenvalue weighted by molar-refractivity contribution is -0.130. The molecule has 0 aliphatic carbocycles. The van der Waals surface area contributed by atoms with Crippen LogP contribution in [0.3, 0.4) is 0 Å². The van der Waals surface area contributed by atoms with Crippen molar-refractivity contribution in [2.24, 2.45) is 0 Å². The molecule has 0 saturated carbocycles. The standard InChI is InChI=1S/C18H22N2O3S/c1-15-6-5-7-16(12-15)14-24(22,23)11-9-18(21)20(2)13-17-8-3-4-10-19-17/h3-8,10,12H,9,11,13-14H2,1-2H3. The van der Waals surface area contributed by atoms with Crippen LogP contribution in [-0.4, -0.2) is 37.0 Å². The number of aryl methyl sites for hydroxylation is 1. The Labute approximate surface area is 143 Å². The predicted molar refractivity (Wildman–Crippen MR) is 94.0 cm³/mol. The van der Waals surface area contributed by atoms with Gasteiger partial charge in [0.1, 0.15) is 0 Å². The number of carbonyl (C=O) groups excluding carboxylic acids is 1. The first-order valence-corrected chi connectivity index (χ1v) is 9.58. The molecular weight excluding hydrogens is 324 g/mol. The first-order valence-electron chi connectivity index (χ1n) is 7.75. The van der Waals surface area contributed by atoms with E-state index in [1.807, 2.05) is 43.3 Å². The van der Waals surface area contributed by atoms with Crippen molar-refractivity contribution in [2.45, 2.75) is 25.6 Å². The fourth-order valence-electron chi connectivity index (χ4n) is 2.38. The van der Waals surface area contributed by atoms with E-state index in [2.05, 4.69) is 4.98 Å². The normalized spacial score (nSPS) is 11.2. The molecule has 24 heavy (non-hydrogen) atoms. The first kappa shape index (κ1) is 18.1. The van der Waals surface area contributed by atoms with Gasteiger partial charge in [-0.25, -0.2) is 8.42 Å². The smallest absolute Gasteiger partial charge is 0.223 e. The van der Waals surface area contributed by atoms with E-state index in [-0.39, 0.29) is 23.8 Å². The average molecular weight is 346 g/mol. The highest BCUT2D eigenvalue weighted by Gasteiger charge is 2.17. The molecule has 0 fully saturated rings. The Morgan fingerprint density at radius 1 is 1.17 bits per heavy atom. The largest absolute Gasteiger partial charge is 0.340 e. The summed E-state index contributed by atoms with van der Waals surface area (Å²) in [6, 6.07) is 12.9. The molecule has 1 heterocycles. The van der Waals surface area contributed by atoms with Gasteiger partial charge in [0.2, 0.25) is 5.91 Å². The Morgan fingerprint density at radius 2 is 1.96 bits per heavy atom. The minimum absolute atomic E-state index is 0.0164. The van der Waals surface area contributed by atoms with Gasteiger partial charge in [-0.3, -0.25) is 9.78 Å². The minimum atomic E-state index is -3.32. The molecule has 0 unspecified atom stereocenters. The lowest BCUT2D eigenvalue weighted by Gasteiger charge is -2.16. The van der Waals surface area contributed by atoms with Crippen molar-refractivity contribution >= 4 is 15.7 Å². The number of amides is 1. The molecule has 0 aliphatic heterocycles. The van der Waals surface area contributed by atoms with E-state index < -0.39 is 9.84 Å². The van der Waals surface area contributed by atoms with Crippen molar-refractivity contribution in [3.8, 4) is 0 Å². The average Bonchev–Trinajstić information content (AvgIpc) is 2.53. The van der Waals surface area contributed by atoms with Gasteiger partial charge in [-0.15, -0.1) is 0 Å². The van der Waals surface area contributed by atoms with E-state index in [9.17, 15) is 13.2 Å². The van der Waals surface area contributed by atoms with Crippen molar-refractivity contribution < 1.29 is 13.2 Å². The molecule has 2 rings (SSSR count). The highest BCUT2D eigenvalue weighted by Crippen LogP contribution is 2.11. The molecule has 2 aromatic rings. The summed E-state index contributed by atoms with van der Waals surface area (Å²) >= 11 is 0. The molecule has 0 bridgehead atoms. The third-order valence-corrected chi connectivity index (χ3v) is 5.25. The molecule has 0 aliphatic rings. The number of pyridine rings is 1. The number of carbonyl (C=O) groups is 1. The number of benzene rings is 1. The Kier molecular flexibility index (Phi) is 6.09. The summed E-state index contributed by atoms with van der Waals surface area (Å²) in [4.78, 5) is 17.8. The fraction of sp³-hybridized carbons (Fsp3) is 0.333. The zero-order chi connectivity index (χ0) is 17.6. The van der Waals surface area contributed by atoms with Gasteiger partial charge in [-0.05, 0) is 24.6 Å². The third kappa shape index (κ3) is 5.77. The topological polar surface area (TPSA) is 67.3 Å². The summed E-state index contributed by atoms with van der Waals surface area (Å²) in [6.07, 6.45) is 1.65. The number of hydrogen-bond acceptors (Lipinski definition) is 4. The molecule has 5 nitrogen and oxygen atoms in total. The van der Waals surface area contributed by atoms with Gasteiger partial charge < -0.3 is 4.90 Å². The third-order valence-electron chi connectivity index (χ3n) is 3.65. The van der Waals surface area contributed by atoms with Gasteiger partial charge >= 0.3 is 0 Å². The van der Waals surface area contributed by atoms with E-state index in [4.69, 9.17) is 0 Å². The Morgan fingerprint density at radius 3 is 2.62 bits per heavy atom. The van der Waals surface area contributed by atoms with Crippen LogP contribution in [0.2, 0.25) is 0 Å². The lowest BCUT2D eigenvalue weighted by atomic mass is 10.2. The van der Waals surface area contributed by atoms with Crippen LogP contribution in [0.25, 0.3) is 0 Å². The summed E-state index contributed by atoms with van der Waals surface area (Å²) < 4.78 is 24.4. The van der Waals surface area contributed by atoms with Gasteiger partial charge in [-0.2, -0.15) is 0 Å². The maximum atomic E-state index is 12.2. The van der Waals surface area contributed by atoms with Crippen molar-refractivity contribution in [1.29, 1.82) is 0 Å². The number of rotatable bonds is 7. The summed E-state index contributed by atoms with van der Waals surface area (Å²) in [5.74, 6) is -0.383. The number of aromatic nitrogens is 1. The van der Waals surface area contributed by atoms with Crippen LogP contribution < -0.4 is 0 Å². The van der Waals surface area contributed by atoms with Gasteiger partial charge in [0.25, 0.3) is 0 Å². The van der Waals surface area contributed by atoms with E-state index in [1.165, 1.54) is 4.90 Å². The molecule has 1 amide bonds. The van der Waals surface area contributed by atoms with Crippen molar-refractivity contribution in [1.82, 2.24) is 9.88 Å². The van der Waals surface area contributed by atoms with Crippen LogP contribution in [0.15, 0.2) is 48.7 Å². The van der Waals surface area contributed by atoms with E-state index in [0.717, 1.165) is 16.8 Å². The molecule has 0 spiro atoms. The summed E-state index contributed by atoms with van der Waals surface area (Å²) in [5, 5.41) is 0. The van der Waals surface area contributed by atoms with Crippen LogP contribution in [0, 0.1) is 6.92 Å². The van der Waals surface area contributed by atoms with E-state index >= 15 is 0 Å². The van der Waals surface area contributed by atoms with E-state index in [1.54, 1.807) is 19.3 Å². The van der Waals surface area contributed by atoms with Gasteiger partial charge in [0.05, 0.1) is 23.7 Å². The minimum Gasteiger partial charge on any atom is -0.340 e. The molecule has 0 N–H and O–H groups in total. The second-order valence-electron chi connectivity index (χ2n) is 5.90. The first-order chi connectivity index (χ1) is 11.4. The SMILES string of the molecule is Cc1cccc(CS(=O)(=O)CCC(=O)N(C)Cc2ccccn2)c1. The van der Waals surface area contributed by atoms with Crippen LogP contribution in [0.4, 0.5) is 0 Å². The van der Waals surface area contributed by atoms with Gasteiger partial charge in [0, 0.05) is 19.7 Å². The lowest BCUT2D eigenvalue weighted by Crippen LogP contribution is -2.28. The van der Waals surface area contributed by atoms with Gasteiger partial charge in [-0.1, -0.05) is 35.9 Å². The highest BCUT2D eigenvalue weighted by molar-refractivity contribution is 7.90. The number of sulfone groups is 1. The monoisotopic (exact) mass is 346 g/mol. The summed E-state index contributed by atoms with van der Waals surface area (Å²) in [5.41, 5.74) is 2.55.